The van der Waals surface area contributed by atoms with E-state index in [4.69, 9.17) is 15.2 Å². The van der Waals surface area contributed by atoms with Crippen LogP contribution in [0.2, 0.25) is 0 Å². The number of hydrogen-bond acceptors (Lipinski definition) is 9. The lowest BCUT2D eigenvalue weighted by Crippen LogP contribution is -2.08. The highest BCUT2D eigenvalue weighted by Gasteiger charge is 2.27. The molecule has 0 fully saturated rings. The van der Waals surface area contributed by atoms with Gasteiger partial charge in [-0.05, 0) is 0 Å². The van der Waals surface area contributed by atoms with Crippen molar-refractivity contribution in [1.29, 1.82) is 0 Å². The van der Waals surface area contributed by atoms with Crippen molar-refractivity contribution in [2.24, 2.45) is 0 Å². The normalized spacial score (nSPS) is 10.4. The van der Waals surface area contributed by atoms with E-state index in [2.05, 4.69) is 15.2 Å². The number of hydrogen-bond donors (Lipinski definition) is 2. The summed E-state index contributed by atoms with van der Waals surface area (Å²) < 4.78 is 9.43. The van der Waals surface area contributed by atoms with Gasteiger partial charge in [0.15, 0.2) is 5.16 Å². The van der Waals surface area contributed by atoms with Crippen LogP contribution in [0, 0.1) is 0 Å². The minimum absolute atomic E-state index is 0.190. The average molecular weight is 328 g/mol. The van der Waals surface area contributed by atoms with Crippen molar-refractivity contribution < 1.29 is 19.1 Å². The summed E-state index contributed by atoms with van der Waals surface area (Å²) in [6.07, 6.45) is 1.37. The first kappa shape index (κ1) is 15.3. The Morgan fingerprint density at radius 3 is 2.67 bits per heavy atom. The molecule has 10 heteroatoms. The van der Waals surface area contributed by atoms with Gasteiger partial charge in [0.05, 0.1) is 19.8 Å². The largest absolute Gasteiger partial charge is 0.465 e. The van der Waals surface area contributed by atoms with Crippen molar-refractivity contribution in [2.45, 2.75) is 10.9 Å². The van der Waals surface area contributed by atoms with Gasteiger partial charge in [-0.3, -0.25) is 5.10 Å². The zero-order chi connectivity index (χ0) is 15.4. The quantitative estimate of drug-likeness (QED) is 0.622. The van der Waals surface area contributed by atoms with Gasteiger partial charge in [-0.1, -0.05) is 11.8 Å². The molecule has 2 aromatic heterocycles. The van der Waals surface area contributed by atoms with Crippen LogP contribution in [-0.2, 0) is 15.2 Å². The van der Waals surface area contributed by atoms with E-state index in [-0.39, 0.29) is 15.4 Å². The molecule has 2 rings (SSSR count). The number of carbonyl (C=O) groups is 2. The molecule has 0 amide bonds. The van der Waals surface area contributed by atoms with E-state index in [1.807, 2.05) is 0 Å². The fraction of sp³-hybridized carbons (Fsp3) is 0.273. The van der Waals surface area contributed by atoms with Gasteiger partial charge in [-0.2, -0.15) is 5.10 Å². The van der Waals surface area contributed by atoms with Gasteiger partial charge < -0.3 is 15.2 Å². The van der Waals surface area contributed by atoms with Crippen molar-refractivity contribution in [1.82, 2.24) is 15.2 Å². The summed E-state index contributed by atoms with van der Waals surface area (Å²) in [7, 11) is 2.52. The molecule has 0 unspecified atom stereocenters. The fourth-order valence-corrected chi connectivity index (χ4v) is 3.50. The number of nitrogens with two attached hydrogens (primary N) is 1. The Kier molecular flexibility index (Phi) is 4.81. The molecule has 0 aliphatic rings. The molecular weight excluding hydrogens is 316 g/mol. The van der Waals surface area contributed by atoms with Gasteiger partial charge in [0.2, 0.25) is 0 Å². The van der Waals surface area contributed by atoms with Crippen LogP contribution < -0.4 is 5.73 Å². The number of aromatic amines is 1. The summed E-state index contributed by atoms with van der Waals surface area (Å²) in [6, 6.07) is 0. The van der Waals surface area contributed by atoms with E-state index in [0.717, 1.165) is 11.3 Å². The van der Waals surface area contributed by atoms with Gasteiger partial charge in [0.25, 0.3) is 0 Å². The highest BCUT2D eigenvalue weighted by molar-refractivity contribution is 7.98. The smallest absolute Gasteiger partial charge is 0.348 e. The topological polar surface area (TPSA) is 120 Å². The van der Waals surface area contributed by atoms with Crippen LogP contribution >= 0.6 is 23.1 Å². The van der Waals surface area contributed by atoms with Crippen LogP contribution in [0.15, 0.2) is 11.5 Å². The Labute approximate surface area is 128 Å². The van der Waals surface area contributed by atoms with Crippen LogP contribution in [0.1, 0.15) is 25.6 Å². The highest BCUT2D eigenvalue weighted by atomic mass is 32.2. The first-order chi connectivity index (χ1) is 10.1. The third-order valence-electron chi connectivity index (χ3n) is 2.54. The summed E-state index contributed by atoms with van der Waals surface area (Å²) in [6.45, 7) is 0. The van der Waals surface area contributed by atoms with Crippen molar-refractivity contribution in [3.63, 3.8) is 0 Å². The second kappa shape index (κ2) is 6.59. The lowest BCUT2D eigenvalue weighted by molar-refractivity contribution is 0.0601. The number of ether oxygens (including phenoxy) is 2. The molecule has 0 aliphatic carbocycles. The number of anilines is 1. The Morgan fingerprint density at radius 2 is 2.10 bits per heavy atom. The Hall–Kier alpha value is -2.07. The van der Waals surface area contributed by atoms with Crippen molar-refractivity contribution in [3.05, 3.63) is 22.3 Å². The molecular formula is C11H12N4O4S2. The summed E-state index contributed by atoms with van der Waals surface area (Å²) >= 11 is 2.28. The van der Waals surface area contributed by atoms with Crippen molar-refractivity contribution in [3.8, 4) is 0 Å². The van der Waals surface area contributed by atoms with Gasteiger partial charge in [0, 0.05) is 11.3 Å². The molecule has 21 heavy (non-hydrogen) atoms. The number of methoxy groups -OCH3 is 2. The van der Waals surface area contributed by atoms with E-state index in [0.29, 0.717) is 16.5 Å². The summed E-state index contributed by atoms with van der Waals surface area (Å²) in [5, 5.41) is 7.19. The molecule has 112 valence electrons. The SMILES string of the molecule is COC(=O)c1sc(N)c(C(=O)OC)c1CSc1ncn[nH]1. The molecule has 3 N–H and O–H groups in total. The van der Waals surface area contributed by atoms with E-state index >= 15 is 0 Å². The van der Waals surface area contributed by atoms with Crippen LogP contribution in [0.3, 0.4) is 0 Å². The van der Waals surface area contributed by atoms with Gasteiger partial charge in [0.1, 0.15) is 16.2 Å². The van der Waals surface area contributed by atoms with Crippen LogP contribution in [-0.4, -0.2) is 41.3 Å². The zero-order valence-electron chi connectivity index (χ0n) is 11.2. The predicted molar refractivity (Wildman–Crippen MR) is 77.4 cm³/mol. The number of esters is 2. The Bertz CT molecular complexity index is 653. The van der Waals surface area contributed by atoms with E-state index in [1.54, 1.807) is 0 Å². The number of H-pyrrole nitrogens is 1. The molecule has 0 radical (unpaired) electrons. The third-order valence-corrected chi connectivity index (χ3v) is 4.49. The third kappa shape index (κ3) is 3.16. The van der Waals surface area contributed by atoms with Crippen LogP contribution in [0.4, 0.5) is 5.00 Å². The number of thioether (sulfide) groups is 1. The number of aromatic nitrogens is 3. The molecule has 0 spiro atoms. The fourth-order valence-electron chi connectivity index (χ4n) is 1.61. The average Bonchev–Trinajstić information content (AvgIpc) is 3.11. The van der Waals surface area contributed by atoms with Gasteiger partial charge in [-0.15, -0.1) is 11.3 Å². The minimum atomic E-state index is -0.591. The van der Waals surface area contributed by atoms with E-state index in [1.165, 1.54) is 32.3 Å². The monoisotopic (exact) mass is 328 g/mol. The maximum absolute atomic E-state index is 11.8. The maximum atomic E-state index is 11.8. The van der Waals surface area contributed by atoms with Crippen molar-refractivity contribution in [2.75, 3.05) is 20.0 Å². The molecule has 2 heterocycles. The minimum Gasteiger partial charge on any atom is -0.465 e. The predicted octanol–water partition coefficient (Wildman–Crippen LogP) is 1.31. The standard InChI is InChI=1S/C11H12N4O4S2/c1-18-9(16)6-5(3-20-11-13-4-14-15-11)7(10(17)19-2)21-8(6)12/h4H,3,12H2,1-2H3,(H,13,14,15). The van der Waals surface area contributed by atoms with Crippen molar-refractivity contribution >= 4 is 40.0 Å². The number of nitrogens with one attached hydrogen (secondary N) is 1. The molecule has 0 saturated heterocycles. The summed E-state index contributed by atoms with van der Waals surface area (Å²) in [4.78, 5) is 27.9. The molecule has 0 atom stereocenters. The summed E-state index contributed by atoms with van der Waals surface area (Å²) in [5.41, 5.74) is 6.48. The van der Waals surface area contributed by atoms with E-state index < -0.39 is 11.9 Å². The lowest BCUT2D eigenvalue weighted by Gasteiger charge is -2.04. The highest BCUT2D eigenvalue weighted by Crippen LogP contribution is 2.35. The molecule has 0 bridgehead atoms. The number of carbonyl (C=O) groups excluding carboxylic acids is 2. The molecule has 2 aromatic rings. The second-order valence-corrected chi connectivity index (χ2v) is 5.73. The van der Waals surface area contributed by atoms with Gasteiger partial charge >= 0.3 is 11.9 Å². The molecule has 0 aromatic carbocycles. The number of rotatable bonds is 5. The summed E-state index contributed by atoms with van der Waals surface area (Å²) in [5.74, 6) is -0.834. The van der Waals surface area contributed by atoms with Crippen LogP contribution in [0.25, 0.3) is 0 Å². The Morgan fingerprint density at radius 1 is 1.38 bits per heavy atom. The number of nitrogen functional groups attached to an aromatic ring is 1. The lowest BCUT2D eigenvalue weighted by atomic mass is 10.1. The van der Waals surface area contributed by atoms with E-state index in [9.17, 15) is 9.59 Å². The maximum Gasteiger partial charge on any atom is 0.348 e. The first-order valence-electron chi connectivity index (χ1n) is 5.64. The zero-order valence-corrected chi connectivity index (χ0v) is 12.8. The molecule has 0 aliphatic heterocycles. The first-order valence-corrected chi connectivity index (χ1v) is 7.44. The molecule has 0 saturated carbocycles. The Balaban J connectivity index is 2.38. The molecule has 8 nitrogen and oxygen atoms in total. The number of thiophene rings is 1. The number of nitrogens with zero attached hydrogens (tertiary/aromatic N) is 2. The second-order valence-electron chi connectivity index (χ2n) is 3.71. The van der Waals surface area contributed by atoms with Gasteiger partial charge in [-0.25, -0.2) is 14.6 Å². The van der Waals surface area contributed by atoms with Crippen LogP contribution in [0.5, 0.6) is 0 Å².